The molecule has 36 heavy (non-hydrogen) atoms. The molecule has 0 fully saturated rings. The second kappa shape index (κ2) is 11.8. The highest BCUT2D eigenvalue weighted by Gasteiger charge is 2.29. The largest absolute Gasteiger partial charge is 0.790 e. The Morgan fingerprint density at radius 1 is 1.28 bits per heavy atom. The molecule has 0 aromatic carbocycles. The maximum Gasteiger partial charge on any atom is 0.271 e. The van der Waals surface area contributed by atoms with E-state index in [0.29, 0.717) is 27.0 Å². The topological polar surface area (TPSA) is 211 Å². The number of aryl methyl sites for hydroxylation is 1. The number of nitrogens with zero attached hydrogens (tertiary/aromatic N) is 4. The van der Waals surface area contributed by atoms with E-state index >= 15 is 0 Å². The van der Waals surface area contributed by atoms with Crippen molar-refractivity contribution in [1.29, 1.82) is 0 Å². The van der Waals surface area contributed by atoms with Crippen LogP contribution in [-0.2, 0) is 30.9 Å². The van der Waals surface area contributed by atoms with Gasteiger partial charge in [0.15, 0.2) is 18.3 Å². The Morgan fingerprint density at radius 3 is 2.67 bits per heavy atom. The molecule has 0 radical (unpaired) electrons. The van der Waals surface area contributed by atoms with Crippen LogP contribution in [0, 0.1) is 13.8 Å². The summed E-state index contributed by atoms with van der Waals surface area (Å²) in [5.74, 6) is 0.784. The Labute approximate surface area is 210 Å². The van der Waals surface area contributed by atoms with E-state index in [9.17, 15) is 28.9 Å². The Hall–Kier alpha value is -2.38. The third kappa shape index (κ3) is 8.07. The van der Waals surface area contributed by atoms with Crippen LogP contribution in [0.15, 0.2) is 36.8 Å². The number of rotatable bonds is 11. The van der Waals surface area contributed by atoms with Gasteiger partial charge in [-0.3, -0.25) is 13.9 Å². The molecule has 0 spiro atoms. The number of aliphatic hydroxyl groups excluding tert-OH is 1. The SMILES string of the molecule is Cc1ncc(C[n+]2c(C(O)/C=C/c3cccnc3)sc(CCOP(=O)([O-])OP(=O)([O-])[O-])c2C)c(N)n1. The first kappa shape index (κ1) is 28.2. The van der Waals surface area contributed by atoms with E-state index in [1.165, 1.54) is 11.3 Å². The number of pyridine rings is 1. The molecular weight excluding hydrogens is 532 g/mol. The molecule has 0 aliphatic rings. The zero-order valence-electron chi connectivity index (χ0n) is 19.2. The van der Waals surface area contributed by atoms with Crippen LogP contribution in [0.3, 0.4) is 0 Å². The first-order chi connectivity index (χ1) is 16.8. The number of nitrogens with two attached hydrogens (primary N) is 1. The predicted octanol–water partition coefficient (Wildman–Crippen LogP) is 0.0875. The smallest absolute Gasteiger partial charge is 0.271 e. The van der Waals surface area contributed by atoms with Gasteiger partial charge < -0.3 is 34.6 Å². The Bertz CT molecular complexity index is 1330. The second-order valence-corrected chi connectivity index (χ2v) is 11.3. The van der Waals surface area contributed by atoms with Crippen molar-refractivity contribution in [2.24, 2.45) is 0 Å². The summed E-state index contributed by atoms with van der Waals surface area (Å²) in [6.07, 6.45) is 7.11. The van der Waals surface area contributed by atoms with Crippen molar-refractivity contribution in [3.05, 3.63) is 69.3 Å². The van der Waals surface area contributed by atoms with Crippen molar-refractivity contribution in [1.82, 2.24) is 15.0 Å². The Morgan fingerprint density at radius 2 is 2.03 bits per heavy atom. The fourth-order valence-corrected chi connectivity index (χ4v) is 5.87. The fraction of sp³-hybridized carbons (Fsp3) is 0.300. The van der Waals surface area contributed by atoms with Crippen LogP contribution in [-0.4, -0.2) is 26.7 Å². The molecule has 0 bridgehead atoms. The molecule has 194 valence electrons. The highest BCUT2D eigenvalue weighted by atomic mass is 32.1. The molecule has 2 atom stereocenters. The molecule has 2 unspecified atom stereocenters. The van der Waals surface area contributed by atoms with E-state index in [0.717, 1.165) is 5.56 Å². The minimum atomic E-state index is -5.78. The summed E-state index contributed by atoms with van der Waals surface area (Å²) < 4.78 is 31.9. The van der Waals surface area contributed by atoms with Crippen LogP contribution in [0.1, 0.15) is 38.6 Å². The predicted molar refractivity (Wildman–Crippen MR) is 124 cm³/mol. The van der Waals surface area contributed by atoms with E-state index < -0.39 is 28.4 Å². The zero-order chi connectivity index (χ0) is 26.5. The van der Waals surface area contributed by atoms with Crippen LogP contribution >= 0.6 is 27.0 Å². The fourth-order valence-electron chi connectivity index (χ4n) is 3.18. The first-order valence-electron chi connectivity index (χ1n) is 10.4. The molecule has 0 aliphatic carbocycles. The molecule has 3 heterocycles. The molecule has 3 rings (SSSR count). The maximum atomic E-state index is 11.6. The average molecular weight is 555 g/mol. The molecule has 0 saturated heterocycles. The number of anilines is 1. The van der Waals surface area contributed by atoms with E-state index in [1.807, 2.05) is 6.07 Å². The van der Waals surface area contributed by atoms with Gasteiger partial charge in [0.2, 0.25) is 0 Å². The molecule has 0 saturated carbocycles. The highest BCUT2D eigenvalue weighted by Crippen LogP contribution is 2.50. The number of nitrogen functional groups attached to an aromatic ring is 1. The van der Waals surface area contributed by atoms with Gasteiger partial charge in [-0.1, -0.05) is 23.5 Å². The molecule has 13 nitrogen and oxygen atoms in total. The summed E-state index contributed by atoms with van der Waals surface area (Å²) in [6.45, 7) is 3.20. The van der Waals surface area contributed by atoms with Gasteiger partial charge in [0, 0.05) is 31.9 Å². The average Bonchev–Trinajstić information content (AvgIpc) is 3.08. The van der Waals surface area contributed by atoms with Gasteiger partial charge in [-0.25, -0.2) is 9.97 Å². The summed E-state index contributed by atoms with van der Waals surface area (Å²) in [7, 11) is -11.1. The molecule has 0 amide bonds. The van der Waals surface area contributed by atoms with Crippen molar-refractivity contribution in [3.63, 3.8) is 0 Å². The third-order valence-corrected chi connectivity index (χ3v) is 8.35. The number of hydrogen-bond acceptors (Lipinski definition) is 13. The number of thiazole rings is 1. The molecule has 0 aliphatic heterocycles. The lowest BCUT2D eigenvalue weighted by atomic mass is 10.2. The number of phosphoric ester groups is 1. The molecular formula is C20H23N5O8P2S-2. The van der Waals surface area contributed by atoms with Gasteiger partial charge in [-0.2, -0.15) is 4.57 Å². The van der Waals surface area contributed by atoms with Crippen molar-refractivity contribution in [2.75, 3.05) is 12.3 Å². The van der Waals surface area contributed by atoms with Crippen molar-refractivity contribution in [2.45, 2.75) is 32.9 Å². The first-order valence-corrected chi connectivity index (χ1v) is 14.1. The van der Waals surface area contributed by atoms with Crippen LogP contribution < -0.4 is 25.0 Å². The van der Waals surface area contributed by atoms with Crippen molar-refractivity contribution < 1.29 is 42.3 Å². The van der Waals surface area contributed by atoms with E-state index in [4.69, 9.17) is 5.73 Å². The summed E-state index contributed by atoms with van der Waals surface area (Å²) in [4.78, 5) is 45.7. The van der Waals surface area contributed by atoms with Gasteiger partial charge in [-0.05, 0) is 24.6 Å². The summed E-state index contributed by atoms with van der Waals surface area (Å²) in [5, 5.41) is 11.5. The number of hydrogen-bond donors (Lipinski definition) is 2. The lowest BCUT2D eigenvalue weighted by molar-refractivity contribution is -0.699. The summed E-state index contributed by atoms with van der Waals surface area (Å²) in [6, 6.07) is 3.58. The van der Waals surface area contributed by atoms with E-state index in [2.05, 4.69) is 23.8 Å². The monoisotopic (exact) mass is 555 g/mol. The number of aromatic nitrogens is 4. The van der Waals surface area contributed by atoms with Gasteiger partial charge >= 0.3 is 0 Å². The molecule has 3 aromatic heterocycles. The quantitative estimate of drug-likeness (QED) is 0.238. The highest BCUT2D eigenvalue weighted by molar-refractivity contribution is 7.58. The molecule has 3 aromatic rings. The van der Waals surface area contributed by atoms with Crippen LogP contribution in [0.5, 0.6) is 0 Å². The van der Waals surface area contributed by atoms with Crippen LogP contribution in [0.2, 0.25) is 0 Å². The molecule has 16 heteroatoms. The Kier molecular flexibility index (Phi) is 9.23. The normalized spacial score (nSPS) is 14.7. The zero-order valence-corrected chi connectivity index (χ0v) is 21.8. The van der Waals surface area contributed by atoms with Crippen molar-refractivity contribution in [3.8, 4) is 0 Å². The van der Waals surface area contributed by atoms with Gasteiger partial charge in [0.1, 0.15) is 11.6 Å². The number of aliphatic hydroxyl groups is 1. The van der Waals surface area contributed by atoms with Gasteiger partial charge in [-0.15, -0.1) is 0 Å². The standard InChI is InChI=1S/C20H25N5O8P2S/c1-13-18(7-9-32-35(30,31)33-34(27,28)29)36-20(17(26)6-5-15-4-3-8-22-10-15)25(13)12-16-11-23-14(2)24-19(16)21/h3-6,8,10-11,17,26H,7,9,12H2,1-2H3,(H4-,21,23,24,27,28,29,30,31)/p-2/b6-5+. The van der Waals surface area contributed by atoms with Crippen molar-refractivity contribution >= 4 is 38.9 Å². The Balaban J connectivity index is 1.87. The van der Waals surface area contributed by atoms with Crippen LogP contribution in [0.25, 0.3) is 6.08 Å². The minimum Gasteiger partial charge on any atom is -0.790 e. The second-order valence-electron chi connectivity index (χ2n) is 7.51. The lowest BCUT2D eigenvalue weighted by Crippen LogP contribution is -2.40. The van der Waals surface area contributed by atoms with Crippen LogP contribution in [0.4, 0.5) is 5.82 Å². The maximum absolute atomic E-state index is 11.6. The lowest BCUT2D eigenvalue weighted by Gasteiger charge is -2.34. The van der Waals surface area contributed by atoms with Gasteiger partial charge in [0.25, 0.3) is 12.8 Å². The minimum absolute atomic E-state index is 0.0209. The summed E-state index contributed by atoms with van der Waals surface area (Å²) in [5.41, 5.74) is 8.11. The third-order valence-electron chi connectivity index (χ3n) is 4.84. The van der Waals surface area contributed by atoms with Gasteiger partial charge in [0.05, 0.1) is 24.9 Å². The van der Waals surface area contributed by atoms with E-state index in [1.54, 1.807) is 55.2 Å². The molecule has 3 N–H and O–H groups in total. The van der Waals surface area contributed by atoms with E-state index in [-0.39, 0.29) is 18.8 Å². The summed E-state index contributed by atoms with van der Waals surface area (Å²) >= 11 is 1.20. The number of phosphoric acid groups is 2.